The van der Waals surface area contributed by atoms with Crippen LogP contribution in [0.3, 0.4) is 0 Å². The molecule has 5 nitrogen and oxygen atoms in total. The highest BCUT2D eigenvalue weighted by Gasteiger charge is 2.10. The molecule has 0 fully saturated rings. The maximum Gasteiger partial charge on any atom is 0.275 e. The third kappa shape index (κ3) is 3.69. The van der Waals surface area contributed by atoms with Crippen LogP contribution in [0, 0.1) is 6.92 Å². The minimum absolute atomic E-state index is 0.0802. The number of nitrogens with zero attached hydrogens (tertiary/aromatic N) is 1. The van der Waals surface area contributed by atoms with Crippen LogP contribution >= 0.6 is 23.2 Å². The second kappa shape index (κ2) is 6.68. The zero-order chi connectivity index (χ0) is 16.3. The number of aromatic hydroxyl groups is 2. The van der Waals surface area contributed by atoms with E-state index in [0.29, 0.717) is 5.02 Å². The zero-order valence-corrected chi connectivity index (χ0v) is 13.0. The van der Waals surface area contributed by atoms with Gasteiger partial charge in [0, 0.05) is 10.6 Å². The number of nitrogens with one attached hydrogen (secondary N) is 1. The Labute approximate surface area is 136 Å². The average Bonchev–Trinajstić information content (AvgIpc) is 2.46. The van der Waals surface area contributed by atoms with Crippen LogP contribution in [0.5, 0.6) is 11.5 Å². The summed E-state index contributed by atoms with van der Waals surface area (Å²) in [4.78, 5) is 11.9. The van der Waals surface area contributed by atoms with Crippen molar-refractivity contribution in [2.45, 2.75) is 6.92 Å². The SMILES string of the molecule is Cc1ccc(O)c(C(=O)NN=Cc2cc(Cl)cc(Cl)c2O)c1. The molecule has 3 N–H and O–H groups in total. The van der Waals surface area contributed by atoms with E-state index >= 15 is 0 Å². The number of rotatable bonds is 3. The smallest absolute Gasteiger partial charge is 0.275 e. The van der Waals surface area contributed by atoms with Gasteiger partial charge in [0.15, 0.2) is 0 Å². The fraction of sp³-hybridized carbons (Fsp3) is 0.0667. The lowest BCUT2D eigenvalue weighted by molar-refractivity contribution is 0.0952. The summed E-state index contributed by atoms with van der Waals surface area (Å²) in [5.41, 5.74) is 3.44. The maximum absolute atomic E-state index is 11.9. The minimum atomic E-state index is -0.579. The Bertz CT molecular complexity index is 761. The van der Waals surface area contributed by atoms with Gasteiger partial charge in [-0.05, 0) is 31.2 Å². The Hall–Kier alpha value is -2.24. The van der Waals surface area contributed by atoms with E-state index in [2.05, 4.69) is 10.5 Å². The first-order valence-corrected chi connectivity index (χ1v) is 6.95. The molecule has 0 atom stereocenters. The molecule has 114 valence electrons. The normalized spacial score (nSPS) is 10.9. The largest absolute Gasteiger partial charge is 0.507 e. The second-order valence-corrected chi connectivity index (χ2v) is 5.39. The molecule has 0 bridgehead atoms. The van der Waals surface area contributed by atoms with E-state index in [9.17, 15) is 15.0 Å². The third-order valence-electron chi connectivity index (χ3n) is 2.82. The van der Waals surface area contributed by atoms with Gasteiger partial charge < -0.3 is 10.2 Å². The van der Waals surface area contributed by atoms with E-state index in [4.69, 9.17) is 23.2 Å². The lowest BCUT2D eigenvalue weighted by atomic mass is 10.1. The highest BCUT2D eigenvalue weighted by atomic mass is 35.5. The fourth-order valence-corrected chi connectivity index (χ4v) is 2.25. The number of aryl methyl sites for hydroxylation is 1. The lowest BCUT2D eigenvalue weighted by Gasteiger charge is -2.05. The number of carbonyl (C=O) groups excluding carboxylic acids is 1. The van der Waals surface area contributed by atoms with E-state index in [1.807, 2.05) is 0 Å². The maximum atomic E-state index is 11.9. The number of carbonyl (C=O) groups is 1. The van der Waals surface area contributed by atoms with Gasteiger partial charge in [0.05, 0.1) is 16.8 Å². The van der Waals surface area contributed by atoms with Crippen molar-refractivity contribution in [1.82, 2.24) is 5.43 Å². The topological polar surface area (TPSA) is 81.9 Å². The van der Waals surface area contributed by atoms with E-state index in [1.54, 1.807) is 13.0 Å². The summed E-state index contributed by atoms with van der Waals surface area (Å²) in [6, 6.07) is 7.48. The highest BCUT2D eigenvalue weighted by molar-refractivity contribution is 6.36. The number of hydrogen-bond acceptors (Lipinski definition) is 4. The molecule has 0 spiro atoms. The first-order valence-electron chi connectivity index (χ1n) is 6.19. The van der Waals surface area contributed by atoms with Gasteiger partial charge in [-0.25, -0.2) is 5.43 Å². The Morgan fingerprint density at radius 2 is 1.95 bits per heavy atom. The van der Waals surface area contributed by atoms with Crippen molar-refractivity contribution < 1.29 is 15.0 Å². The summed E-state index contributed by atoms with van der Waals surface area (Å²) in [7, 11) is 0. The minimum Gasteiger partial charge on any atom is -0.507 e. The summed E-state index contributed by atoms with van der Waals surface area (Å²) >= 11 is 11.6. The molecular formula is C15H12Cl2N2O3. The molecule has 1 amide bonds. The molecule has 22 heavy (non-hydrogen) atoms. The average molecular weight is 339 g/mol. The Balaban J connectivity index is 2.16. The molecule has 0 unspecified atom stereocenters. The van der Waals surface area contributed by atoms with Crippen molar-refractivity contribution in [2.24, 2.45) is 5.10 Å². The highest BCUT2D eigenvalue weighted by Crippen LogP contribution is 2.29. The van der Waals surface area contributed by atoms with Gasteiger partial charge in [0.2, 0.25) is 0 Å². The number of benzene rings is 2. The summed E-state index contributed by atoms with van der Waals surface area (Å²) < 4.78 is 0. The standard InChI is InChI=1S/C15H12Cl2N2O3/c1-8-2-3-13(20)11(4-8)15(22)19-18-7-9-5-10(16)6-12(17)14(9)21/h2-7,20-21H,1H3,(H,19,22). The van der Waals surface area contributed by atoms with Crippen molar-refractivity contribution in [2.75, 3.05) is 0 Å². The zero-order valence-electron chi connectivity index (χ0n) is 11.5. The number of hydrazone groups is 1. The molecule has 2 rings (SSSR count). The quantitative estimate of drug-likeness (QED) is 0.591. The van der Waals surface area contributed by atoms with Gasteiger partial charge in [0.1, 0.15) is 11.5 Å². The Morgan fingerprint density at radius 1 is 1.23 bits per heavy atom. The molecule has 0 aromatic heterocycles. The molecule has 2 aromatic carbocycles. The van der Waals surface area contributed by atoms with Gasteiger partial charge >= 0.3 is 0 Å². The van der Waals surface area contributed by atoms with Crippen LogP contribution in [0.15, 0.2) is 35.4 Å². The Kier molecular flexibility index (Phi) is 4.90. The summed E-state index contributed by atoms with van der Waals surface area (Å²) in [6.07, 6.45) is 1.21. The van der Waals surface area contributed by atoms with Crippen molar-refractivity contribution in [3.8, 4) is 11.5 Å². The molecule has 0 radical (unpaired) electrons. The molecule has 0 saturated heterocycles. The van der Waals surface area contributed by atoms with Gasteiger partial charge in [-0.1, -0.05) is 34.8 Å². The fourth-order valence-electron chi connectivity index (χ4n) is 1.74. The first-order chi connectivity index (χ1) is 10.4. The molecule has 0 heterocycles. The molecule has 0 saturated carbocycles. The number of phenolic OH excluding ortho intramolecular Hbond substituents is 2. The Morgan fingerprint density at radius 3 is 2.68 bits per heavy atom. The van der Waals surface area contributed by atoms with Gasteiger partial charge in [-0.15, -0.1) is 0 Å². The summed E-state index contributed by atoms with van der Waals surface area (Å²) in [5.74, 6) is -0.917. The van der Waals surface area contributed by atoms with E-state index in [0.717, 1.165) is 5.56 Å². The molecule has 2 aromatic rings. The van der Waals surface area contributed by atoms with Crippen LogP contribution in [0.25, 0.3) is 0 Å². The molecule has 0 aliphatic carbocycles. The molecule has 7 heteroatoms. The van der Waals surface area contributed by atoms with Gasteiger partial charge in [-0.3, -0.25) is 4.79 Å². The van der Waals surface area contributed by atoms with Crippen LogP contribution in [-0.2, 0) is 0 Å². The monoisotopic (exact) mass is 338 g/mol. The number of phenols is 2. The number of amides is 1. The summed E-state index contributed by atoms with van der Waals surface area (Å²) in [6.45, 7) is 1.80. The van der Waals surface area contributed by atoms with E-state index in [-0.39, 0.29) is 27.6 Å². The lowest BCUT2D eigenvalue weighted by Crippen LogP contribution is -2.17. The van der Waals surface area contributed by atoms with Gasteiger partial charge in [-0.2, -0.15) is 5.10 Å². The van der Waals surface area contributed by atoms with Crippen LogP contribution in [0.1, 0.15) is 21.5 Å². The second-order valence-electron chi connectivity index (χ2n) is 4.55. The van der Waals surface area contributed by atoms with Gasteiger partial charge in [0.25, 0.3) is 5.91 Å². The summed E-state index contributed by atoms with van der Waals surface area (Å²) in [5, 5.41) is 23.5. The predicted octanol–water partition coefficient (Wildman–Crippen LogP) is 3.48. The van der Waals surface area contributed by atoms with Crippen molar-refractivity contribution in [3.63, 3.8) is 0 Å². The third-order valence-corrected chi connectivity index (χ3v) is 3.33. The van der Waals surface area contributed by atoms with E-state index < -0.39 is 5.91 Å². The van der Waals surface area contributed by atoms with Crippen LogP contribution in [0.4, 0.5) is 0 Å². The van der Waals surface area contributed by atoms with Crippen LogP contribution < -0.4 is 5.43 Å². The van der Waals surface area contributed by atoms with Crippen LogP contribution in [0.2, 0.25) is 10.0 Å². The molecular weight excluding hydrogens is 327 g/mol. The first kappa shape index (κ1) is 16.1. The van der Waals surface area contributed by atoms with Crippen molar-refractivity contribution in [3.05, 3.63) is 57.1 Å². The molecule has 0 aliphatic rings. The van der Waals surface area contributed by atoms with Crippen molar-refractivity contribution >= 4 is 35.3 Å². The van der Waals surface area contributed by atoms with E-state index in [1.165, 1.54) is 30.5 Å². The van der Waals surface area contributed by atoms with Crippen LogP contribution in [-0.4, -0.2) is 22.3 Å². The number of hydrogen-bond donors (Lipinski definition) is 3. The number of halogens is 2. The molecule has 0 aliphatic heterocycles. The van der Waals surface area contributed by atoms with Crippen molar-refractivity contribution in [1.29, 1.82) is 0 Å². The predicted molar refractivity (Wildman–Crippen MR) is 86.0 cm³/mol.